The van der Waals surface area contributed by atoms with Gasteiger partial charge in [-0.25, -0.2) is 9.78 Å². The number of rotatable bonds is 3. The SMILES string of the molecule is Cn1ccnc1-c1cc(NC(=O)NC2c3ccccc3-c3ccccc32)n(C)n1. The molecule has 4 aromatic rings. The van der Waals surface area contributed by atoms with Gasteiger partial charge in [0.25, 0.3) is 0 Å². The zero-order chi connectivity index (χ0) is 20.0. The van der Waals surface area contributed by atoms with Crippen LogP contribution in [0.1, 0.15) is 17.2 Å². The van der Waals surface area contributed by atoms with E-state index in [1.165, 1.54) is 0 Å². The van der Waals surface area contributed by atoms with Crippen molar-refractivity contribution in [1.82, 2.24) is 24.6 Å². The highest BCUT2D eigenvalue weighted by atomic mass is 16.2. The number of imidazole rings is 1. The quantitative estimate of drug-likeness (QED) is 0.565. The molecule has 0 radical (unpaired) electrons. The van der Waals surface area contributed by atoms with Gasteiger partial charge < -0.3 is 9.88 Å². The third kappa shape index (κ3) is 2.87. The van der Waals surface area contributed by atoms with Crippen LogP contribution in [0.15, 0.2) is 67.0 Å². The Morgan fingerprint density at radius 3 is 2.28 bits per heavy atom. The fraction of sp³-hybridized carbons (Fsp3) is 0.136. The highest BCUT2D eigenvalue weighted by molar-refractivity contribution is 5.91. The fourth-order valence-electron chi connectivity index (χ4n) is 3.90. The van der Waals surface area contributed by atoms with Gasteiger partial charge in [-0.15, -0.1) is 0 Å². The second-order valence-corrected chi connectivity index (χ2v) is 7.11. The number of fused-ring (bicyclic) bond motifs is 3. The molecule has 1 aliphatic rings. The number of benzene rings is 2. The van der Waals surface area contributed by atoms with Crippen molar-refractivity contribution in [3.05, 3.63) is 78.1 Å². The largest absolute Gasteiger partial charge is 0.333 e. The van der Waals surface area contributed by atoms with Gasteiger partial charge in [-0.05, 0) is 22.3 Å². The molecule has 7 nitrogen and oxygen atoms in total. The maximum atomic E-state index is 12.8. The monoisotopic (exact) mass is 384 g/mol. The number of aryl methyl sites for hydroxylation is 2. The number of hydrogen-bond acceptors (Lipinski definition) is 3. The smallest absolute Gasteiger partial charge is 0.321 e. The van der Waals surface area contributed by atoms with Gasteiger partial charge in [0.05, 0.1) is 6.04 Å². The number of carbonyl (C=O) groups excluding carboxylic acids is 1. The predicted molar refractivity (Wildman–Crippen MR) is 111 cm³/mol. The van der Waals surface area contributed by atoms with Gasteiger partial charge >= 0.3 is 6.03 Å². The lowest BCUT2D eigenvalue weighted by molar-refractivity contribution is 0.250. The van der Waals surface area contributed by atoms with E-state index >= 15 is 0 Å². The summed E-state index contributed by atoms with van der Waals surface area (Å²) in [5, 5.41) is 10.5. The molecule has 0 bridgehead atoms. The summed E-state index contributed by atoms with van der Waals surface area (Å²) in [6.45, 7) is 0. The van der Waals surface area contributed by atoms with Gasteiger partial charge in [0, 0.05) is 32.6 Å². The maximum absolute atomic E-state index is 12.8. The minimum absolute atomic E-state index is 0.190. The summed E-state index contributed by atoms with van der Waals surface area (Å²) in [5.41, 5.74) is 5.22. The van der Waals surface area contributed by atoms with Crippen LogP contribution in [-0.4, -0.2) is 25.4 Å². The first kappa shape index (κ1) is 17.2. The molecule has 2 aromatic heterocycles. The summed E-state index contributed by atoms with van der Waals surface area (Å²) in [6, 6.07) is 17.7. The van der Waals surface area contributed by atoms with Crippen molar-refractivity contribution in [2.24, 2.45) is 14.1 Å². The topological polar surface area (TPSA) is 76.8 Å². The van der Waals surface area contributed by atoms with Gasteiger partial charge in [0.1, 0.15) is 11.5 Å². The molecule has 5 rings (SSSR count). The number of nitrogens with one attached hydrogen (secondary N) is 2. The zero-order valence-electron chi connectivity index (χ0n) is 16.1. The van der Waals surface area contributed by atoms with Crippen molar-refractivity contribution >= 4 is 11.8 Å². The van der Waals surface area contributed by atoms with Crippen LogP contribution in [-0.2, 0) is 14.1 Å². The van der Waals surface area contributed by atoms with Crippen LogP contribution < -0.4 is 10.6 Å². The first-order chi connectivity index (χ1) is 14.1. The Morgan fingerprint density at radius 1 is 1.00 bits per heavy atom. The molecular formula is C22H20N6O. The number of anilines is 1. The molecule has 7 heteroatoms. The average Bonchev–Trinajstić information content (AvgIpc) is 3.39. The van der Waals surface area contributed by atoms with Crippen LogP contribution in [0, 0.1) is 0 Å². The first-order valence-electron chi connectivity index (χ1n) is 9.39. The summed E-state index contributed by atoms with van der Waals surface area (Å²) >= 11 is 0. The minimum atomic E-state index is -0.282. The van der Waals surface area contributed by atoms with Crippen LogP contribution in [0.25, 0.3) is 22.6 Å². The van der Waals surface area contributed by atoms with E-state index in [-0.39, 0.29) is 12.1 Å². The summed E-state index contributed by atoms with van der Waals surface area (Å²) in [5.74, 6) is 1.34. The average molecular weight is 384 g/mol. The molecule has 0 spiro atoms. The molecule has 0 saturated heterocycles. The van der Waals surface area contributed by atoms with Crippen molar-refractivity contribution in [2.45, 2.75) is 6.04 Å². The molecule has 2 amide bonds. The summed E-state index contributed by atoms with van der Waals surface area (Å²) in [6.07, 6.45) is 3.58. The van der Waals surface area contributed by atoms with Gasteiger partial charge in [-0.2, -0.15) is 5.10 Å². The van der Waals surface area contributed by atoms with Crippen LogP contribution in [0.4, 0.5) is 10.6 Å². The van der Waals surface area contributed by atoms with Gasteiger partial charge in [0.15, 0.2) is 5.82 Å². The summed E-state index contributed by atoms with van der Waals surface area (Å²) in [4.78, 5) is 17.1. The lowest BCUT2D eigenvalue weighted by Gasteiger charge is -2.16. The van der Waals surface area contributed by atoms with E-state index in [9.17, 15) is 4.79 Å². The Labute approximate surface area is 168 Å². The van der Waals surface area contributed by atoms with E-state index in [0.717, 1.165) is 28.1 Å². The van der Waals surface area contributed by atoms with E-state index in [0.29, 0.717) is 11.5 Å². The number of aromatic nitrogens is 4. The Hall–Kier alpha value is -3.87. The maximum Gasteiger partial charge on any atom is 0.321 e. The summed E-state index contributed by atoms with van der Waals surface area (Å²) in [7, 11) is 3.70. The molecule has 2 heterocycles. The van der Waals surface area contributed by atoms with Crippen LogP contribution in [0.3, 0.4) is 0 Å². The van der Waals surface area contributed by atoms with E-state index in [2.05, 4.69) is 45.0 Å². The Kier molecular flexibility index (Phi) is 3.94. The van der Waals surface area contributed by atoms with Crippen molar-refractivity contribution < 1.29 is 4.79 Å². The van der Waals surface area contributed by atoms with Gasteiger partial charge in [-0.3, -0.25) is 10.00 Å². The van der Waals surface area contributed by atoms with Gasteiger partial charge in [0.2, 0.25) is 0 Å². The molecule has 144 valence electrons. The van der Waals surface area contributed by atoms with Crippen molar-refractivity contribution in [3.8, 4) is 22.6 Å². The molecule has 29 heavy (non-hydrogen) atoms. The van der Waals surface area contributed by atoms with E-state index in [4.69, 9.17) is 0 Å². The van der Waals surface area contributed by atoms with Crippen molar-refractivity contribution in [3.63, 3.8) is 0 Å². The molecule has 2 N–H and O–H groups in total. The molecule has 0 fully saturated rings. The Bertz CT molecular complexity index is 1180. The molecule has 0 aliphatic heterocycles. The molecule has 0 saturated carbocycles. The molecule has 1 aliphatic carbocycles. The fourth-order valence-corrected chi connectivity index (χ4v) is 3.90. The van der Waals surface area contributed by atoms with Crippen LogP contribution >= 0.6 is 0 Å². The minimum Gasteiger partial charge on any atom is -0.333 e. The molecule has 0 unspecified atom stereocenters. The lowest BCUT2D eigenvalue weighted by atomic mass is 10.1. The van der Waals surface area contributed by atoms with Crippen LogP contribution in [0.2, 0.25) is 0 Å². The van der Waals surface area contributed by atoms with Crippen LogP contribution in [0.5, 0.6) is 0 Å². The standard InChI is InChI=1S/C22H20N6O/c1-27-12-11-23-21(27)18-13-19(28(2)26-18)24-22(29)25-20-16-9-5-3-7-14(16)15-8-4-6-10-17(15)20/h3-13,20H,1-2H3,(H2,24,25,29). The number of hydrogen-bond donors (Lipinski definition) is 2. The second-order valence-electron chi connectivity index (χ2n) is 7.11. The van der Waals surface area contributed by atoms with E-state index < -0.39 is 0 Å². The van der Waals surface area contributed by atoms with Gasteiger partial charge in [-0.1, -0.05) is 48.5 Å². The van der Waals surface area contributed by atoms with E-state index in [1.807, 2.05) is 48.1 Å². The first-order valence-corrected chi connectivity index (χ1v) is 9.39. The second kappa shape index (κ2) is 6.63. The Morgan fingerprint density at radius 2 is 1.66 bits per heavy atom. The third-order valence-corrected chi connectivity index (χ3v) is 5.28. The normalized spacial score (nSPS) is 12.5. The number of amides is 2. The lowest BCUT2D eigenvalue weighted by Crippen LogP contribution is -2.32. The highest BCUT2D eigenvalue weighted by Gasteiger charge is 2.29. The van der Waals surface area contributed by atoms with E-state index in [1.54, 1.807) is 17.9 Å². The molecule has 0 atom stereocenters. The van der Waals surface area contributed by atoms with Crippen molar-refractivity contribution in [2.75, 3.05) is 5.32 Å². The molecular weight excluding hydrogens is 364 g/mol. The number of urea groups is 1. The predicted octanol–water partition coefficient (Wildman–Crippen LogP) is 3.71. The van der Waals surface area contributed by atoms with Crippen molar-refractivity contribution in [1.29, 1.82) is 0 Å². The Balaban J connectivity index is 1.40. The summed E-state index contributed by atoms with van der Waals surface area (Å²) < 4.78 is 3.53. The number of nitrogens with zero attached hydrogens (tertiary/aromatic N) is 4. The highest BCUT2D eigenvalue weighted by Crippen LogP contribution is 2.43. The zero-order valence-corrected chi connectivity index (χ0v) is 16.1. The molecule has 2 aromatic carbocycles. The number of carbonyl (C=O) groups is 1. The third-order valence-electron chi connectivity index (χ3n) is 5.28.